The molecular formula is C14H13BrFN5O. The van der Waals surface area contributed by atoms with Gasteiger partial charge in [0.05, 0.1) is 5.52 Å². The third-order valence-corrected chi connectivity index (χ3v) is 4.49. The summed E-state index contributed by atoms with van der Waals surface area (Å²) >= 11 is 3.40. The van der Waals surface area contributed by atoms with Crippen LogP contribution in [0.25, 0.3) is 11.2 Å². The Morgan fingerprint density at radius 2 is 2.23 bits per heavy atom. The second-order valence-corrected chi connectivity index (χ2v) is 6.48. The smallest absolute Gasteiger partial charge is 0.253 e. The predicted octanol–water partition coefficient (Wildman–Crippen LogP) is 3.28. The lowest BCUT2D eigenvalue weighted by molar-refractivity contribution is 0.0290. The molecular weight excluding hydrogens is 353 g/mol. The zero-order chi connectivity index (χ0) is 15.3. The van der Waals surface area contributed by atoms with Crippen molar-refractivity contribution >= 4 is 27.1 Å². The molecule has 0 aromatic carbocycles. The van der Waals surface area contributed by atoms with Gasteiger partial charge in [0.2, 0.25) is 5.89 Å². The Morgan fingerprint density at radius 1 is 1.41 bits per heavy atom. The van der Waals surface area contributed by atoms with E-state index in [1.807, 2.05) is 17.6 Å². The summed E-state index contributed by atoms with van der Waals surface area (Å²) in [6, 6.07) is 1.93. The number of rotatable bonds is 3. The molecule has 0 unspecified atom stereocenters. The van der Waals surface area contributed by atoms with E-state index in [4.69, 9.17) is 4.42 Å². The minimum absolute atomic E-state index is 0.0927. The van der Waals surface area contributed by atoms with Crippen LogP contribution in [0.4, 0.5) is 4.39 Å². The fourth-order valence-corrected chi connectivity index (χ4v) is 2.95. The van der Waals surface area contributed by atoms with E-state index in [1.165, 1.54) is 0 Å². The maximum Gasteiger partial charge on any atom is 0.253 e. The SMILES string of the molecule is Cc1nc2ncc(Br)cc2n1Cc1nnc(C2(F)CCC2)o1. The van der Waals surface area contributed by atoms with Gasteiger partial charge in [-0.3, -0.25) is 0 Å². The third kappa shape index (κ3) is 2.13. The molecule has 114 valence electrons. The number of aryl methyl sites for hydroxylation is 1. The highest BCUT2D eigenvalue weighted by Crippen LogP contribution is 2.44. The number of halogens is 2. The molecule has 8 heteroatoms. The number of alkyl halides is 1. The highest BCUT2D eigenvalue weighted by molar-refractivity contribution is 9.10. The lowest BCUT2D eigenvalue weighted by Gasteiger charge is -2.29. The molecule has 3 aromatic rings. The topological polar surface area (TPSA) is 69.6 Å². The normalized spacial score (nSPS) is 16.9. The molecule has 0 bridgehead atoms. The molecule has 0 amide bonds. The second kappa shape index (κ2) is 4.84. The highest BCUT2D eigenvalue weighted by Gasteiger charge is 2.44. The van der Waals surface area contributed by atoms with Crippen LogP contribution in [0.3, 0.4) is 0 Å². The minimum Gasteiger partial charge on any atom is -0.420 e. The second-order valence-electron chi connectivity index (χ2n) is 5.56. The quantitative estimate of drug-likeness (QED) is 0.712. The largest absolute Gasteiger partial charge is 0.420 e. The Bertz CT molecular complexity index is 854. The third-order valence-electron chi connectivity index (χ3n) is 4.05. The number of aromatic nitrogens is 5. The number of pyridine rings is 1. The van der Waals surface area contributed by atoms with Crippen molar-refractivity contribution in [3.8, 4) is 0 Å². The van der Waals surface area contributed by atoms with Crippen molar-refractivity contribution in [3.05, 3.63) is 34.3 Å². The average Bonchev–Trinajstić information content (AvgIpc) is 3.03. The highest BCUT2D eigenvalue weighted by atomic mass is 79.9. The molecule has 4 rings (SSSR count). The molecule has 1 aliphatic carbocycles. The zero-order valence-corrected chi connectivity index (χ0v) is 13.5. The molecule has 6 nitrogen and oxygen atoms in total. The molecule has 0 spiro atoms. The predicted molar refractivity (Wildman–Crippen MR) is 80.0 cm³/mol. The van der Waals surface area contributed by atoms with Gasteiger partial charge in [-0.1, -0.05) is 0 Å². The van der Waals surface area contributed by atoms with Crippen LogP contribution in [0.5, 0.6) is 0 Å². The fraction of sp³-hybridized carbons (Fsp3) is 0.429. The zero-order valence-electron chi connectivity index (χ0n) is 11.9. The van der Waals surface area contributed by atoms with Gasteiger partial charge in [-0.25, -0.2) is 14.4 Å². The molecule has 22 heavy (non-hydrogen) atoms. The van der Waals surface area contributed by atoms with Crippen LogP contribution >= 0.6 is 15.9 Å². The summed E-state index contributed by atoms with van der Waals surface area (Å²) in [5.41, 5.74) is 0.0913. The van der Waals surface area contributed by atoms with Gasteiger partial charge in [0.15, 0.2) is 11.3 Å². The van der Waals surface area contributed by atoms with Gasteiger partial charge in [-0.2, -0.15) is 0 Å². The van der Waals surface area contributed by atoms with Gasteiger partial charge in [0, 0.05) is 10.7 Å². The number of fused-ring (bicyclic) bond motifs is 1. The van der Waals surface area contributed by atoms with Crippen molar-refractivity contribution in [2.24, 2.45) is 0 Å². The van der Waals surface area contributed by atoms with Crippen LogP contribution in [0.2, 0.25) is 0 Å². The van der Waals surface area contributed by atoms with Crippen LogP contribution < -0.4 is 0 Å². The van der Waals surface area contributed by atoms with Gasteiger partial charge >= 0.3 is 0 Å². The van der Waals surface area contributed by atoms with Crippen LogP contribution in [0.15, 0.2) is 21.2 Å². The van der Waals surface area contributed by atoms with Gasteiger partial charge < -0.3 is 8.98 Å². The van der Waals surface area contributed by atoms with E-state index in [0.717, 1.165) is 22.2 Å². The van der Waals surface area contributed by atoms with Crippen molar-refractivity contribution in [1.82, 2.24) is 24.7 Å². The van der Waals surface area contributed by atoms with E-state index < -0.39 is 5.67 Å². The summed E-state index contributed by atoms with van der Waals surface area (Å²) in [5, 5.41) is 7.84. The maximum absolute atomic E-state index is 14.3. The Kier molecular flexibility index (Phi) is 3.04. The first kappa shape index (κ1) is 13.8. The molecule has 0 radical (unpaired) electrons. The molecule has 3 aromatic heterocycles. The summed E-state index contributed by atoms with van der Waals surface area (Å²) in [7, 11) is 0. The van der Waals surface area contributed by atoms with Crippen molar-refractivity contribution in [3.63, 3.8) is 0 Å². The van der Waals surface area contributed by atoms with Crippen molar-refractivity contribution < 1.29 is 8.81 Å². The number of imidazole rings is 1. The van der Waals surface area contributed by atoms with Gasteiger partial charge in [0.1, 0.15) is 12.4 Å². The molecule has 1 saturated carbocycles. The van der Waals surface area contributed by atoms with Crippen molar-refractivity contribution in [1.29, 1.82) is 0 Å². The summed E-state index contributed by atoms with van der Waals surface area (Å²) in [6.07, 6.45) is 3.48. The summed E-state index contributed by atoms with van der Waals surface area (Å²) in [4.78, 5) is 8.67. The maximum atomic E-state index is 14.3. The fourth-order valence-electron chi connectivity index (χ4n) is 2.63. The summed E-state index contributed by atoms with van der Waals surface area (Å²) in [6.45, 7) is 2.24. The van der Waals surface area contributed by atoms with Gasteiger partial charge in [0.25, 0.3) is 5.89 Å². The van der Waals surface area contributed by atoms with E-state index >= 15 is 0 Å². The Balaban J connectivity index is 1.69. The van der Waals surface area contributed by atoms with E-state index in [2.05, 4.69) is 36.1 Å². The minimum atomic E-state index is -1.43. The first-order chi connectivity index (χ1) is 10.5. The molecule has 0 atom stereocenters. The molecule has 0 aliphatic heterocycles. The van der Waals surface area contributed by atoms with Crippen LogP contribution in [0, 0.1) is 6.92 Å². The lowest BCUT2D eigenvalue weighted by atomic mass is 9.82. The first-order valence-electron chi connectivity index (χ1n) is 7.05. The van der Waals surface area contributed by atoms with E-state index in [1.54, 1.807) is 6.20 Å². The summed E-state index contributed by atoms with van der Waals surface area (Å²) in [5.74, 6) is 1.26. The number of hydrogen-bond acceptors (Lipinski definition) is 5. The molecule has 0 saturated heterocycles. The Hall–Kier alpha value is -1.83. The number of nitrogens with zero attached hydrogens (tertiary/aromatic N) is 5. The Labute approximate surface area is 133 Å². The van der Waals surface area contributed by atoms with Gasteiger partial charge in [-0.15, -0.1) is 10.2 Å². The van der Waals surface area contributed by atoms with E-state index in [9.17, 15) is 4.39 Å². The lowest BCUT2D eigenvalue weighted by Crippen LogP contribution is -2.29. The first-order valence-corrected chi connectivity index (χ1v) is 7.85. The standard InChI is InChI=1S/C14H13BrFN5O/c1-8-18-12-10(5-9(15)6-17-12)21(8)7-11-19-20-13(22-11)14(16)3-2-4-14/h5-6H,2-4,7H2,1H3. The van der Waals surface area contributed by atoms with Crippen LogP contribution in [0.1, 0.15) is 36.9 Å². The molecule has 1 aliphatic rings. The van der Waals surface area contributed by atoms with Crippen molar-refractivity contribution in [2.45, 2.75) is 38.4 Å². The molecule has 0 N–H and O–H groups in total. The molecule has 3 heterocycles. The van der Waals surface area contributed by atoms with Crippen LogP contribution in [-0.4, -0.2) is 24.7 Å². The van der Waals surface area contributed by atoms with E-state index in [-0.39, 0.29) is 5.89 Å². The average molecular weight is 366 g/mol. The van der Waals surface area contributed by atoms with Crippen molar-refractivity contribution in [2.75, 3.05) is 0 Å². The summed E-state index contributed by atoms with van der Waals surface area (Å²) < 4.78 is 22.6. The molecule has 1 fully saturated rings. The monoisotopic (exact) mass is 365 g/mol. The number of hydrogen-bond donors (Lipinski definition) is 0. The van der Waals surface area contributed by atoms with E-state index in [0.29, 0.717) is 30.9 Å². The van der Waals surface area contributed by atoms with Gasteiger partial charge in [-0.05, 0) is 48.2 Å². The Morgan fingerprint density at radius 3 is 2.95 bits per heavy atom. The van der Waals surface area contributed by atoms with Crippen LogP contribution in [-0.2, 0) is 12.2 Å².